The maximum Gasteiger partial charge on any atom is 0.240 e. The molecular weight excluding hydrogens is 342 g/mol. The third kappa shape index (κ3) is 5.98. The van der Waals surface area contributed by atoms with Crippen molar-refractivity contribution in [3.8, 4) is 5.75 Å². The first-order chi connectivity index (χ1) is 11.9. The Morgan fingerprint density at radius 3 is 2.68 bits per heavy atom. The number of hydrogen-bond donors (Lipinski definition) is 3. The number of nitrogens with one attached hydrogen (secondary N) is 3. The molecule has 140 valence electrons. The lowest BCUT2D eigenvalue weighted by Gasteiger charge is -2.30. The van der Waals surface area contributed by atoms with Gasteiger partial charge in [0.25, 0.3) is 0 Å². The molecule has 2 atom stereocenters. The highest BCUT2D eigenvalue weighted by molar-refractivity contribution is 7.89. The van der Waals surface area contributed by atoms with Crippen molar-refractivity contribution in [1.29, 1.82) is 0 Å². The Labute approximate surface area is 149 Å². The minimum atomic E-state index is -3.63. The van der Waals surface area contributed by atoms with Crippen LogP contribution in [-0.4, -0.2) is 46.6 Å². The lowest BCUT2D eigenvalue weighted by atomic mass is 9.95. The summed E-state index contributed by atoms with van der Waals surface area (Å²) in [6.45, 7) is 6.28. The molecule has 3 N–H and O–H groups in total. The predicted octanol–water partition coefficient (Wildman–Crippen LogP) is 0.868. The lowest BCUT2D eigenvalue weighted by Crippen LogP contribution is -2.50. The lowest BCUT2D eigenvalue weighted by molar-refractivity contribution is -0.122. The number of carbonyl (C=O) groups excluding carboxylic acids is 1. The van der Waals surface area contributed by atoms with Gasteiger partial charge in [0.15, 0.2) is 0 Å². The molecule has 0 radical (unpaired) electrons. The Hall–Kier alpha value is -1.64. The average molecular weight is 369 g/mol. The highest BCUT2D eigenvalue weighted by Crippen LogP contribution is 2.16. The van der Waals surface area contributed by atoms with Crippen LogP contribution < -0.4 is 20.1 Å². The van der Waals surface area contributed by atoms with Gasteiger partial charge < -0.3 is 15.4 Å². The molecule has 1 fully saturated rings. The van der Waals surface area contributed by atoms with Crippen molar-refractivity contribution in [2.24, 2.45) is 5.92 Å². The zero-order chi connectivity index (χ0) is 18.3. The van der Waals surface area contributed by atoms with Crippen molar-refractivity contribution >= 4 is 15.9 Å². The molecule has 7 nitrogen and oxygen atoms in total. The molecule has 1 amide bonds. The second-order valence-corrected chi connectivity index (χ2v) is 7.96. The zero-order valence-electron chi connectivity index (χ0n) is 14.7. The summed E-state index contributed by atoms with van der Waals surface area (Å²) in [5.41, 5.74) is 0. The maximum atomic E-state index is 12.2. The van der Waals surface area contributed by atoms with E-state index >= 15 is 0 Å². The van der Waals surface area contributed by atoms with Crippen LogP contribution in [0, 0.1) is 5.92 Å². The van der Waals surface area contributed by atoms with Gasteiger partial charge in [-0.3, -0.25) is 4.79 Å². The summed E-state index contributed by atoms with van der Waals surface area (Å²) in [6.07, 6.45) is 1.13. The molecule has 25 heavy (non-hydrogen) atoms. The maximum absolute atomic E-state index is 12.2. The van der Waals surface area contributed by atoms with Crippen LogP contribution in [0.15, 0.2) is 29.2 Å². The fourth-order valence-electron chi connectivity index (χ4n) is 2.73. The van der Waals surface area contributed by atoms with Gasteiger partial charge in [-0.25, -0.2) is 13.1 Å². The quantitative estimate of drug-likeness (QED) is 0.632. The fraction of sp³-hybridized carbons (Fsp3) is 0.588. The van der Waals surface area contributed by atoms with Gasteiger partial charge in [0.1, 0.15) is 5.75 Å². The number of amides is 1. The summed E-state index contributed by atoms with van der Waals surface area (Å²) in [7, 11) is -3.63. The first kappa shape index (κ1) is 19.7. The van der Waals surface area contributed by atoms with Crippen LogP contribution in [0.4, 0.5) is 0 Å². The molecule has 1 aromatic rings. The summed E-state index contributed by atoms with van der Waals surface area (Å²) in [5, 5.41) is 6.21. The molecule has 0 aromatic heterocycles. The highest BCUT2D eigenvalue weighted by Gasteiger charge is 2.22. The SMILES string of the molecule is CCOc1ccc(S(=O)(=O)NCCC(=O)NC2CNCCC2C)cc1. The van der Waals surface area contributed by atoms with Crippen LogP contribution in [0.2, 0.25) is 0 Å². The van der Waals surface area contributed by atoms with E-state index in [2.05, 4.69) is 22.3 Å². The van der Waals surface area contributed by atoms with Crippen LogP contribution in [0.25, 0.3) is 0 Å². The van der Waals surface area contributed by atoms with Gasteiger partial charge in [0, 0.05) is 25.6 Å². The van der Waals surface area contributed by atoms with Crippen molar-refractivity contribution < 1.29 is 17.9 Å². The van der Waals surface area contributed by atoms with Gasteiger partial charge in [-0.2, -0.15) is 0 Å². The van der Waals surface area contributed by atoms with E-state index in [0.717, 1.165) is 19.5 Å². The molecule has 1 saturated heterocycles. The van der Waals surface area contributed by atoms with Crippen LogP contribution in [0.1, 0.15) is 26.7 Å². The molecule has 0 aliphatic carbocycles. The standard InChI is InChI=1S/C17H27N3O4S/c1-3-24-14-4-6-15(7-5-14)25(22,23)19-11-9-17(21)20-16-12-18-10-8-13(16)2/h4-7,13,16,18-19H,3,8-12H2,1-2H3,(H,20,21). The molecule has 8 heteroatoms. The van der Waals surface area contributed by atoms with Crippen LogP contribution in [0.5, 0.6) is 5.75 Å². The fourth-order valence-corrected chi connectivity index (χ4v) is 3.76. The van der Waals surface area contributed by atoms with E-state index in [4.69, 9.17) is 4.74 Å². The zero-order valence-corrected chi connectivity index (χ0v) is 15.6. The van der Waals surface area contributed by atoms with Gasteiger partial charge in [0.05, 0.1) is 11.5 Å². The molecule has 0 saturated carbocycles. The normalized spacial score (nSPS) is 20.9. The monoisotopic (exact) mass is 369 g/mol. The van der Waals surface area contributed by atoms with E-state index in [9.17, 15) is 13.2 Å². The molecule has 2 rings (SSSR count). The van der Waals surface area contributed by atoms with Gasteiger partial charge in [-0.05, 0) is 50.1 Å². The van der Waals surface area contributed by atoms with E-state index < -0.39 is 10.0 Å². The number of piperidine rings is 1. The van der Waals surface area contributed by atoms with E-state index in [1.165, 1.54) is 12.1 Å². The Kier molecular flexibility index (Phi) is 7.22. The average Bonchev–Trinajstić information content (AvgIpc) is 2.58. The molecule has 0 bridgehead atoms. The summed E-state index contributed by atoms with van der Waals surface area (Å²) in [4.78, 5) is 12.2. The number of rotatable bonds is 8. The summed E-state index contributed by atoms with van der Waals surface area (Å²) in [5.74, 6) is 0.900. The van der Waals surface area contributed by atoms with E-state index in [-0.39, 0.29) is 29.8 Å². The molecule has 0 spiro atoms. The van der Waals surface area contributed by atoms with E-state index in [1.807, 2.05) is 6.92 Å². The number of hydrogen-bond acceptors (Lipinski definition) is 5. The Morgan fingerprint density at radius 2 is 2.04 bits per heavy atom. The Bertz CT molecular complexity index is 661. The first-order valence-electron chi connectivity index (χ1n) is 8.65. The summed E-state index contributed by atoms with van der Waals surface area (Å²) >= 11 is 0. The second kappa shape index (κ2) is 9.17. The predicted molar refractivity (Wildman–Crippen MR) is 96.0 cm³/mol. The van der Waals surface area contributed by atoms with Gasteiger partial charge in [0.2, 0.25) is 15.9 Å². The smallest absolute Gasteiger partial charge is 0.240 e. The number of benzene rings is 1. The van der Waals surface area contributed by atoms with Crippen molar-refractivity contribution in [3.05, 3.63) is 24.3 Å². The molecule has 2 unspecified atom stereocenters. The van der Waals surface area contributed by atoms with E-state index in [0.29, 0.717) is 18.3 Å². The van der Waals surface area contributed by atoms with Crippen molar-refractivity contribution in [3.63, 3.8) is 0 Å². The highest BCUT2D eigenvalue weighted by atomic mass is 32.2. The van der Waals surface area contributed by atoms with Crippen molar-refractivity contribution in [2.75, 3.05) is 26.2 Å². The Balaban J connectivity index is 1.80. The molecule has 1 aliphatic rings. The van der Waals surface area contributed by atoms with Crippen molar-refractivity contribution in [1.82, 2.24) is 15.4 Å². The number of ether oxygens (including phenoxy) is 1. The van der Waals surface area contributed by atoms with Gasteiger partial charge >= 0.3 is 0 Å². The molecule has 1 aliphatic heterocycles. The first-order valence-corrected chi connectivity index (χ1v) is 10.1. The topological polar surface area (TPSA) is 96.5 Å². The van der Waals surface area contributed by atoms with Crippen molar-refractivity contribution in [2.45, 2.75) is 37.6 Å². The third-order valence-corrected chi connectivity index (χ3v) is 5.74. The van der Waals surface area contributed by atoms with Gasteiger partial charge in [-0.15, -0.1) is 0 Å². The van der Waals surface area contributed by atoms with Crippen LogP contribution in [-0.2, 0) is 14.8 Å². The summed E-state index contributed by atoms with van der Waals surface area (Å²) in [6, 6.07) is 6.31. The Morgan fingerprint density at radius 1 is 1.32 bits per heavy atom. The molecule has 1 aromatic carbocycles. The van der Waals surface area contributed by atoms with Crippen LogP contribution >= 0.6 is 0 Å². The third-order valence-electron chi connectivity index (χ3n) is 4.26. The minimum Gasteiger partial charge on any atom is -0.494 e. The van der Waals surface area contributed by atoms with Gasteiger partial charge in [-0.1, -0.05) is 6.92 Å². The number of sulfonamides is 1. The van der Waals surface area contributed by atoms with Crippen LogP contribution in [0.3, 0.4) is 0 Å². The number of carbonyl (C=O) groups is 1. The van der Waals surface area contributed by atoms with E-state index in [1.54, 1.807) is 12.1 Å². The summed E-state index contributed by atoms with van der Waals surface area (Å²) < 4.78 is 32.2. The molecule has 1 heterocycles. The second-order valence-electron chi connectivity index (χ2n) is 6.20. The molecular formula is C17H27N3O4S. The minimum absolute atomic E-state index is 0.0654. The largest absolute Gasteiger partial charge is 0.494 e.